The largest absolute Gasteiger partial charge is 0.489 e. The van der Waals surface area contributed by atoms with E-state index >= 15 is 0 Å². The van der Waals surface area contributed by atoms with E-state index < -0.39 is 0 Å². The van der Waals surface area contributed by atoms with Crippen molar-refractivity contribution in [1.82, 2.24) is 4.98 Å². The van der Waals surface area contributed by atoms with E-state index in [1.54, 1.807) is 11.3 Å². The maximum Gasteiger partial charge on any atom is 0.142 e. The van der Waals surface area contributed by atoms with Crippen molar-refractivity contribution in [3.05, 3.63) is 53.4 Å². The average Bonchev–Trinajstić information content (AvgIpc) is 2.96. The number of hydrogen-bond donors (Lipinski definition) is 2. The summed E-state index contributed by atoms with van der Waals surface area (Å²) in [7, 11) is 0. The minimum atomic E-state index is -0.0344. The highest BCUT2D eigenvalue weighted by Crippen LogP contribution is 2.35. The molecule has 0 aliphatic carbocycles. The molecule has 0 amide bonds. The van der Waals surface area contributed by atoms with Crippen LogP contribution in [0.1, 0.15) is 4.88 Å². The Morgan fingerprint density at radius 3 is 2.61 bits per heavy atom. The predicted molar refractivity (Wildman–Crippen MR) is 94.7 cm³/mol. The number of nitrogens with zero attached hydrogens (tertiary/aromatic N) is 1. The Morgan fingerprint density at radius 2 is 1.91 bits per heavy atom. The fourth-order valence-electron chi connectivity index (χ4n) is 2.35. The van der Waals surface area contributed by atoms with Crippen LogP contribution in [-0.2, 0) is 0 Å². The van der Waals surface area contributed by atoms with Gasteiger partial charge >= 0.3 is 0 Å². The van der Waals surface area contributed by atoms with Gasteiger partial charge in [-0.1, -0.05) is 30.3 Å². The van der Waals surface area contributed by atoms with Crippen LogP contribution in [0.4, 0.5) is 5.69 Å². The molecule has 0 aliphatic rings. The first-order valence-electron chi connectivity index (χ1n) is 7.35. The van der Waals surface area contributed by atoms with Crippen LogP contribution in [0.2, 0.25) is 0 Å². The maximum atomic E-state index is 8.82. The minimum Gasteiger partial charge on any atom is -0.489 e. The fourth-order valence-corrected chi connectivity index (χ4v) is 3.28. The van der Waals surface area contributed by atoms with E-state index in [4.69, 9.17) is 20.6 Å². The third-order valence-corrected chi connectivity index (χ3v) is 4.47. The van der Waals surface area contributed by atoms with Crippen LogP contribution in [0.3, 0.4) is 0 Å². The van der Waals surface area contributed by atoms with Gasteiger partial charge in [0.25, 0.3) is 0 Å². The highest BCUT2D eigenvalue weighted by atomic mass is 32.1. The van der Waals surface area contributed by atoms with Gasteiger partial charge in [-0.3, -0.25) is 0 Å². The van der Waals surface area contributed by atoms with Gasteiger partial charge in [-0.15, -0.1) is 11.3 Å². The summed E-state index contributed by atoms with van der Waals surface area (Å²) in [6.45, 7) is 2.27. The van der Waals surface area contributed by atoms with Crippen molar-refractivity contribution in [3.63, 3.8) is 0 Å². The Labute approximate surface area is 139 Å². The molecular formula is C18H18N2O2S. The molecule has 4 nitrogen and oxygen atoms in total. The van der Waals surface area contributed by atoms with Gasteiger partial charge in [-0.25, -0.2) is 4.98 Å². The fraction of sp³-hybridized carbons (Fsp3) is 0.167. The number of nitrogens with two attached hydrogens (primary N) is 1. The highest BCUT2D eigenvalue weighted by Gasteiger charge is 2.12. The van der Waals surface area contributed by atoms with E-state index in [0.717, 1.165) is 21.8 Å². The van der Waals surface area contributed by atoms with Gasteiger partial charge < -0.3 is 15.6 Å². The molecule has 3 rings (SSSR count). The lowest BCUT2D eigenvalue weighted by Crippen LogP contribution is -2.03. The molecule has 3 N–H and O–H groups in total. The molecule has 2 aromatic carbocycles. The minimum absolute atomic E-state index is 0.0344. The first kappa shape index (κ1) is 15.5. The summed E-state index contributed by atoms with van der Waals surface area (Å²) < 4.78 is 5.38. The molecule has 0 atom stereocenters. The molecule has 1 heterocycles. The monoisotopic (exact) mass is 326 g/mol. The Morgan fingerprint density at radius 1 is 1.13 bits per heavy atom. The zero-order valence-corrected chi connectivity index (χ0v) is 13.6. The lowest BCUT2D eigenvalue weighted by Gasteiger charge is -2.08. The SMILES string of the molecule is Cc1sc(-c2ccc(OCCO)c(N)c2)nc1-c1ccccc1. The van der Waals surface area contributed by atoms with Gasteiger partial charge in [0.2, 0.25) is 0 Å². The number of hydrogen-bond acceptors (Lipinski definition) is 5. The standard InChI is InChI=1S/C18H18N2O2S/c1-12-17(13-5-3-2-4-6-13)20-18(23-12)14-7-8-16(15(19)11-14)22-10-9-21/h2-8,11,21H,9-10,19H2,1H3. The molecule has 0 bridgehead atoms. The molecule has 1 aromatic heterocycles. The molecule has 0 aliphatic heterocycles. The summed E-state index contributed by atoms with van der Waals surface area (Å²) in [6.07, 6.45) is 0. The third-order valence-electron chi connectivity index (χ3n) is 3.45. The summed E-state index contributed by atoms with van der Waals surface area (Å²) in [5.41, 5.74) is 9.66. The third kappa shape index (κ3) is 3.36. The Hall–Kier alpha value is -2.37. The van der Waals surface area contributed by atoms with Gasteiger partial charge in [0.15, 0.2) is 0 Å². The molecular weight excluding hydrogens is 308 g/mol. The first-order valence-corrected chi connectivity index (χ1v) is 8.17. The number of nitrogen functional groups attached to an aromatic ring is 1. The second kappa shape index (κ2) is 6.81. The lowest BCUT2D eigenvalue weighted by atomic mass is 10.1. The molecule has 118 valence electrons. The molecule has 0 saturated heterocycles. The van der Waals surface area contributed by atoms with E-state index in [1.165, 1.54) is 4.88 Å². The smallest absolute Gasteiger partial charge is 0.142 e. The number of benzene rings is 2. The Bertz CT molecular complexity index is 800. The zero-order valence-electron chi connectivity index (χ0n) is 12.8. The topological polar surface area (TPSA) is 68.4 Å². The van der Waals surface area contributed by atoms with Crippen LogP contribution in [0, 0.1) is 6.92 Å². The second-order valence-electron chi connectivity index (χ2n) is 5.11. The van der Waals surface area contributed by atoms with Crippen molar-refractivity contribution < 1.29 is 9.84 Å². The Balaban J connectivity index is 1.92. The molecule has 0 saturated carbocycles. The van der Waals surface area contributed by atoms with Crippen LogP contribution in [0.15, 0.2) is 48.5 Å². The summed E-state index contributed by atoms with van der Waals surface area (Å²) in [5.74, 6) is 0.583. The number of aryl methyl sites for hydroxylation is 1. The normalized spacial score (nSPS) is 10.7. The van der Waals surface area contributed by atoms with Crippen molar-refractivity contribution in [1.29, 1.82) is 0 Å². The molecule has 3 aromatic rings. The first-order chi connectivity index (χ1) is 11.2. The van der Waals surface area contributed by atoms with Gasteiger partial charge in [0.1, 0.15) is 17.4 Å². The zero-order chi connectivity index (χ0) is 16.2. The van der Waals surface area contributed by atoms with E-state index in [0.29, 0.717) is 11.4 Å². The van der Waals surface area contributed by atoms with Gasteiger partial charge in [-0.2, -0.15) is 0 Å². The summed E-state index contributed by atoms with van der Waals surface area (Å²) in [4.78, 5) is 5.94. The number of ether oxygens (including phenoxy) is 1. The van der Waals surface area contributed by atoms with Crippen molar-refractivity contribution in [2.45, 2.75) is 6.92 Å². The van der Waals surface area contributed by atoms with Crippen molar-refractivity contribution in [2.75, 3.05) is 18.9 Å². The maximum absolute atomic E-state index is 8.82. The predicted octanol–water partition coefficient (Wildman–Crippen LogP) is 3.74. The molecule has 0 unspecified atom stereocenters. The van der Waals surface area contributed by atoms with Gasteiger partial charge in [0, 0.05) is 16.0 Å². The summed E-state index contributed by atoms with van der Waals surface area (Å²) in [6, 6.07) is 15.8. The molecule has 5 heteroatoms. The van der Waals surface area contributed by atoms with E-state index in [2.05, 4.69) is 19.1 Å². The number of aliphatic hydroxyl groups is 1. The van der Waals surface area contributed by atoms with Crippen molar-refractivity contribution >= 4 is 17.0 Å². The molecule has 0 fully saturated rings. The van der Waals surface area contributed by atoms with E-state index in [1.807, 2.05) is 36.4 Å². The number of rotatable bonds is 5. The molecule has 23 heavy (non-hydrogen) atoms. The van der Waals surface area contributed by atoms with Gasteiger partial charge in [0.05, 0.1) is 18.0 Å². The molecule has 0 spiro atoms. The second-order valence-corrected chi connectivity index (χ2v) is 6.32. The number of thiazole rings is 1. The van der Waals surface area contributed by atoms with Crippen LogP contribution in [-0.4, -0.2) is 23.3 Å². The van der Waals surface area contributed by atoms with Crippen molar-refractivity contribution in [3.8, 4) is 27.6 Å². The van der Waals surface area contributed by atoms with E-state index in [9.17, 15) is 0 Å². The number of aromatic nitrogens is 1. The average molecular weight is 326 g/mol. The highest BCUT2D eigenvalue weighted by molar-refractivity contribution is 7.15. The number of aliphatic hydroxyl groups excluding tert-OH is 1. The quantitative estimate of drug-likeness (QED) is 0.701. The van der Waals surface area contributed by atoms with Crippen LogP contribution < -0.4 is 10.5 Å². The Kier molecular flexibility index (Phi) is 4.60. The van der Waals surface area contributed by atoms with Crippen molar-refractivity contribution in [2.24, 2.45) is 0 Å². The van der Waals surface area contributed by atoms with Gasteiger partial charge in [-0.05, 0) is 25.1 Å². The van der Waals surface area contributed by atoms with Crippen LogP contribution in [0.25, 0.3) is 21.8 Å². The van der Waals surface area contributed by atoms with E-state index in [-0.39, 0.29) is 13.2 Å². The summed E-state index contributed by atoms with van der Waals surface area (Å²) in [5, 5.41) is 9.75. The number of anilines is 1. The lowest BCUT2D eigenvalue weighted by molar-refractivity contribution is 0.202. The van der Waals surface area contributed by atoms with Crippen LogP contribution in [0.5, 0.6) is 5.75 Å². The summed E-state index contributed by atoms with van der Waals surface area (Å²) >= 11 is 1.65. The molecule has 0 radical (unpaired) electrons. The van der Waals surface area contributed by atoms with Crippen LogP contribution >= 0.6 is 11.3 Å².